The maximum absolute atomic E-state index is 12.4. The summed E-state index contributed by atoms with van der Waals surface area (Å²) in [4.78, 5) is 26.6. The Morgan fingerprint density at radius 3 is 2.60 bits per heavy atom. The van der Waals surface area contributed by atoms with Gasteiger partial charge in [0.15, 0.2) is 0 Å². The molecule has 0 bridgehead atoms. The van der Waals surface area contributed by atoms with Crippen LogP contribution >= 0.6 is 0 Å². The zero-order chi connectivity index (χ0) is 14.2. The first kappa shape index (κ1) is 13.8. The molecule has 2 amide bonds. The van der Waals surface area contributed by atoms with Crippen LogP contribution in [0.2, 0.25) is 0 Å². The molecule has 1 saturated carbocycles. The standard InChI is InChI=1S/C14H23N3O3/c1-15-13(19)14(8-20-9-14)17-6-2-3-11(17)12(18)16-7-10-4-5-10/h10-11H,2-9H2,1H3,(H,15,19)(H,16,18)/t11-/m0/s1. The maximum Gasteiger partial charge on any atom is 0.245 e. The maximum atomic E-state index is 12.4. The van der Waals surface area contributed by atoms with Gasteiger partial charge in [0.25, 0.3) is 0 Å². The summed E-state index contributed by atoms with van der Waals surface area (Å²) in [7, 11) is 1.64. The molecular weight excluding hydrogens is 258 g/mol. The van der Waals surface area contributed by atoms with E-state index in [4.69, 9.17) is 4.74 Å². The van der Waals surface area contributed by atoms with Crippen molar-refractivity contribution in [3.05, 3.63) is 0 Å². The highest BCUT2D eigenvalue weighted by atomic mass is 16.5. The second-order valence-corrected chi connectivity index (χ2v) is 6.14. The van der Waals surface area contributed by atoms with Crippen molar-refractivity contribution in [1.82, 2.24) is 15.5 Å². The fourth-order valence-corrected chi connectivity index (χ4v) is 3.19. The van der Waals surface area contributed by atoms with Crippen LogP contribution in [0.1, 0.15) is 25.7 Å². The van der Waals surface area contributed by atoms with Gasteiger partial charge in [0.05, 0.1) is 19.3 Å². The van der Waals surface area contributed by atoms with E-state index in [1.165, 1.54) is 12.8 Å². The first-order valence-electron chi connectivity index (χ1n) is 7.52. The number of carbonyl (C=O) groups excluding carboxylic acids is 2. The monoisotopic (exact) mass is 281 g/mol. The first-order valence-corrected chi connectivity index (χ1v) is 7.52. The Morgan fingerprint density at radius 1 is 1.30 bits per heavy atom. The van der Waals surface area contributed by atoms with Gasteiger partial charge in [-0.1, -0.05) is 0 Å². The molecule has 0 aromatic heterocycles. The molecule has 3 fully saturated rings. The zero-order valence-corrected chi connectivity index (χ0v) is 12.0. The van der Waals surface area contributed by atoms with Crippen molar-refractivity contribution >= 4 is 11.8 Å². The van der Waals surface area contributed by atoms with Crippen molar-refractivity contribution in [1.29, 1.82) is 0 Å². The van der Waals surface area contributed by atoms with Crippen LogP contribution in [0, 0.1) is 5.92 Å². The van der Waals surface area contributed by atoms with E-state index in [1.54, 1.807) is 7.05 Å². The van der Waals surface area contributed by atoms with E-state index in [0.717, 1.165) is 25.9 Å². The van der Waals surface area contributed by atoms with Gasteiger partial charge in [-0.05, 0) is 31.6 Å². The molecule has 0 spiro atoms. The average Bonchev–Trinajstić information content (AvgIpc) is 3.11. The number of likely N-dealkylation sites (tertiary alicyclic amines) is 1. The Bertz CT molecular complexity index is 404. The van der Waals surface area contributed by atoms with Crippen molar-refractivity contribution in [3.63, 3.8) is 0 Å². The molecule has 2 N–H and O–H groups in total. The number of rotatable bonds is 5. The van der Waals surface area contributed by atoms with Crippen LogP contribution in [0.5, 0.6) is 0 Å². The van der Waals surface area contributed by atoms with Crippen LogP contribution in [-0.4, -0.2) is 61.6 Å². The van der Waals surface area contributed by atoms with E-state index in [2.05, 4.69) is 15.5 Å². The van der Waals surface area contributed by atoms with Gasteiger partial charge in [0.2, 0.25) is 11.8 Å². The highest BCUT2D eigenvalue weighted by Crippen LogP contribution is 2.33. The van der Waals surface area contributed by atoms with E-state index in [9.17, 15) is 9.59 Å². The van der Waals surface area contributed by atoms with E-state index in [-0.39, 0.29) is 17.9 Å². The highest BCUT2D eigenvalue weighted by molar-refractivity contribution is 5.89. The summed E-state index contributed by atoms with van der Waals surface area (Å²) in [6.45, 7) is 2.35. The molecule has 112 valence electrons. The number of nitrogens with one attached hydrogen (secondary N) is 2. The lowest BCUT2D eigenvalue weighted by atomic mass is 9.92. The third-order valence-corrected chi connectivity index (χ3v) is 4.70. The van der Waals surface area contributed by atoms with Crippen LogP contribution in [-0.2, 0) is 14.3 Å². The van der Waals surface area contributed by atoms with Crippen LogP contribution in [0.25, 0.3) is 0 Å². The summed E-state index contributed by atoms with van der Waals surface area (Å²) in [6, 6.07) is -0.185. The number of carbonyl (C=O) groups is 2. The smallest absolute Gasteiger partial charge is 0.245 e. The van der Waals surface area contributed by atoms with Gasteiger partial charge in [-0.15, -0.1) is 0 Å². The molecule has 0 radical (unpaired) electrons. The predicted octanol–water partition coefficient (Wildman–Crippen LogP) is -0.508. The van der Waals surface area contributed by atoms with Crippen molar-refractivity contribution < 1.29 is 14.3 Å². The Labute approximate surface area is 119 Å². The first-order chi connectivity index (χ1) is 9.67. The van der Waals surface area contributed by atoms with Gasteiger partial charge in [0, 0.05) is 20.1 Å². The van der Waals surface area contributed by atoms with Gasteiger partial charge < -0.3 is 15.4 Å². The predicted molar refractivity (Wildman–Crippen MR) is 73.1 cm³/mol. The minimum atomic E-state index is -0.632. The summed E-state index contributed by atoms with van der Waals surface area (Å²) in [5.74, 6) is 0.712. The van der Waals surface area contributed by atoms with Crippen LogP contribution in [0.15, 0.2) is 0 Å². The summed E-state index contributed by atoms with van der Waals surface area (Å²) in [5, 5.41) is 5.75. The van der Waals surface area contributed by atoms with Crippen molar-refractivity contribution in [2.45, 2.75) is 37.3 Å². The molecular formula is C14H23N3O3. The largest absolute Gasteiger partial charge is 0.376 e. The Balaban J connectivity index is 1.67. The zero-order valence-electron chi connectivity index (χ0n) is 12.0. The lowest BCUT2D eigenvalue weighted by molar-refractivity contribution is -0.174. The SMILES string of the molecule is CNC(=O)C1(N2CCC[C@H]2C(=O)NCC2CC2)COC1. The molecule has 0 unspecified atom stereocenters. The topological polar surface area (TPSA) is 70.7 Å². The summed E-state index contributed by atoms with van der Waals surface area (Å²) in [5.41, 5.74) is -0.632. The van der Waals surface area contributed by atoms with Gasteiger partial charge in [-0.3, -0.25) is 14.5 Å². The lowest BCUT2D eigenvalue weighted by Gasteiger charge is -2.48. The molecule has 0 aromatic rings. The van der Waals surface area contributed by atoms with Crippen molar-refractivity contribution in [3.8, 4) is 0 Å². The van der Waals surface area contributed by atoms with Gasteiger partial charge in [-0.2, -0.15) is 0 Å². The highest BCUT2D eigenvalue weighted by Gasteiger charge is 2.55. The van der Waals surface area contributed by atoms with E-state index in [1.807, 2.05) is 0 Å². The van der Waals surface area contributed by atoms with Crippen molar-refractivity contribution in [2.75, 3.05) is 33.4 Å². The quantitative estimate of drug-likeness (QED) is 0.712. The molecule has 2 saturated heterocycles. The number of hydrogen-bond donors (Lipinski definition) is 2. The van der Waals surface area contributed by atoms with E-state index < -0.39 is 5.54 Å². The number of amides is 2. The molecule has 3 aliphatic rings. The summed E-state index contributed by atoms with van der Waals surface area (Å²) in [6.07, 6.45) is 4.24. The lowest BCUT2D eigenvalue weighted by Crippen LogP contribution is -2.71. The minimum absolute atomic E-state index is 0.0364. The molecule has 1 aliphatic carbocycles. The Morgan fingerprint density at radius 2 is 2.05 bits per heavy atom. The molecule has 6 nitrogen and oxygen atoms in total. The van der Waals surface area contributed by atoms with Crippen LogP contribution in [0.3, 0.4) is 0 Å². The van der Waals surface area contributed by atoms with Gasteiger partial charge >= 0.3 is 0 Å². The molecule has 20 heavy (non-hydrogen) atoms. The number of hydrogen-bond acceptors (Lipinski definition) is 4. The van der Waals surface area contributed by atoms with Crippen LogP contribution < -0.4 is 10.6 Å². The normalized spacial score (nSPS) is 28.8. The van der Waals surface area contributed by atoms with Crippen LogP contribution in [0.4, 0.5) is 0 Å². The Kier molecular flexibility index (Phi) is 3.69. The summed E-state index contributed by atoms with van der Waals surface area (Å²) < 4.78 is 5.28. The molecule has 3 rings (SSSR count). The van der Waals surface area contributed by atoms with E-state index >= 15 is 0 Å². The number of nitrogens with zero attached hydrogens (tertiary/aromatic N) is 1. The second kappa shape index (κ2) is 5.33. The molecule has 6 heteroatoms. The number of likely N-dealkylation sites (N-methyl/N-ethyl adjacent to an activating group) is 1. The molecule has 1 atom stereocenters. The average molecular weight is 281 g/mol. The second-order valence-electron chi connectivity index (χ2n) is 6.14. The van der Waals surface area contributed by atoms with Gasteiger partial charge in [-0.25, -0.2) is 0 Å². The minimum Gasteiger partial charge on any atom is -0.376 e. The fraction of sp³-hybridized carbons (Fsp3) is 0.857. The molecule has 2 heterocycles. The third-order valence-electron chi connectivity index (χ3n) is 4.70. The van der Waals surface area contributed by atoms with Gasteiger partial charge in [0.1, 0.15) is 5.54 Å². The Hall–Kier alpha value is -1.14. The molecule has 0 aromatic carbocycles. The van der Waals surface area contributed by atoms with E-state index in [0.29, 0.717) is 19.1 Å². The third kappa shape index (κ3) is 2.31. The number of ether oxygens (including phenoxy) is 1. The fourth-order valence-electron chi connectivity index (χ4n) is 3.19. The molecule has 2 aliphatic heterocycles. The summed E-state index contributed by atoms with van der Waals surface area (Å²) >= 11 is 0. The van der Waals surface area contributed by atoms with Crippen molar-refractivity contribution in [2.24, 2.45) is 5.92 Å².